The average molecular weight is 440 g/mol. The summed E-state index contributed by atoms with van der Waals surface area (Å²) in [5, 5.41) is 10.9. The molecule has 158 valence electrons. The number of rotatable bonds is 7. The molecule has 3 rings (SSSR count). The number of β-amino-alcohol motifs (C(OH)–C–C–N with tert-alkyl or cyclic N) is 1. The van der Waals surface area contributed by atoms with E-state index in [-0.39, 0.29) is 24.7 Å². The first-order valence-electron chi connectivity index (χ1n) is 9.45. The third kappa shape index (κ3) is 5.39. The number of benzene rings is 1. The zero-order valence-electron chi connectivity index (χ0n) is 16.5. The summed E-state index contributed by atoms with van der Waals surface area (Å²) in [5.41, 5.74) is 2.91. The van der Waals surface area contributed by atoms with Gasteiger partial charge in [0.25, 0.3) is 0 Å². The molecule has 9 heteroatoms. The number of aliphatic hydroxyl groups excluding tert-OH is 1. The zero-order valence-corrected chi connectivity index (χ0v) is 18.1. The van der Waals surface area contributed by atoms with Crippen LogP contribution in [-0.4, -0.2) is 72.7 Å². The van der Waals surface area contributed by atoms with Gasteiger partial charge >= 0.3 is 0 Å². The number of carbonyl (C=O) groups excluding carboxylic acids is 1. The van der Waals surface area contributed by atoms with Crippen LogP contribution in [0.5, 0.6) is 0 Å². The Morgan fingerprint density at radius 1 is 1.21 bits per heavy atom. The van der Waals surface area contributed by atoms with Gasteiger partial charge in [0, 0.05) is 55.9 Å². The van der Waals surface area contributed by atoms with Gasteiger partial charge in [-0.3, -0.25) is 4.79 Å². The molecule has 1 aliphatic rings. The zero-order chi connectivity index (χ0) is 21.2. The molecule has 29 heavy (non-hydrogen) atoms. The van der Waals surface area contributed by atoms with E-state index >= 15 is 0 Å². The van der Waals surface area contributed by atoms with Crippen molar-refractivity contribution in [3.63, 3.8) is 0 Å². The quantitative estimate of drug-likeness (QED) is 0.689. The number of likely N-dealkylation sites (tertiary alicyclic amines) is 1. The number of H-pyrrole nitrogens is 1. The number of sulfonamides is 1. The molecular weight excluding hydrogens is 414 g/mol. The van der Waals surface area contributed by atoms with E-state index in [4.69, 9.17) is 11.6 Å². The number of nitrogens with zero attached hydrogens (tertiary/aromatic N) is 2. The van der Waals surface area contributed by atoms with Gasteiger partial charge in [-0.2, -0.15) is 0 Å². The molecule has 2 aromatic rings. The number of aliphatic hydroxyl groups is 1. The van der Waals surface area contributed by atoms with Crippen LogP contribution in [0.4, 0.5) is 0 Å². The molecule has 0 unspecified atom stereocenters. The first kappa shape index (κ1) is 21.8. The second-order valence-electron chi connectivity index (χ2n) is 7.59. The van der Waals surface area contributed by atoms with Gasteiger partial charge in [-0.05, 0) is 36.2 Å². The number of carbonyl (C=O) groups is 1. The highest BCUT2D eigenvalue weighted by Gasteiger charge is 2.37. The number of nitrogens with one attached hydrogen (secondary N) is 1. The number of hydrogen-bond donors (Lipinski definition) is 2. The summed E-state index contributed by atoms with van der Waals surface area (Å²) in [5.74, 6) is -0.712. The number of aryl methyl sites for hydroxylation is 1. The highest BCUT2D eigenvalue weighted by molar-refractivity contribution is 7.89. The topological polar surface area (TPSA) is 93.7 Å². The van der Waals surface area contributed by atoms with E-state index in [2.05, 4.69) is 4.98 Å². The van der Waals surface area contributed by atoms with Crippen LogP contribution in [0.25, 0.3) is 11.3 Å². The van der Waals surface area contributed by atoms with Crippen molar-refractivity contribution in [2.24, 2.45) is 5.92 Å². The van der Waals surface area contributed by atoms with Crippen LogP contribution < -0.4 is 0 Å². The van der Waals surface area contributed by atoms with Gasteiger partial charge in [0.1, 0.15) is 0 Å². The molecule has 2 N–H and O–H groups in total. The number of halogens is 1. The molecule has 7 nitrogen and oxygen atoms in total. The fourth-order valence-electron chi connectivity index (χ4n) is 3.42. The Bertz CT molecular complexity index is 956. The van der Waals surface area contributed by atoms with Crippen molar-refractivity contribution in [3.8, 4) is 11.3 Å². The Kier molecular flexibility index (Phi) is 6.68. The Labute approximate surface area is 176 Å². The van der Waals surface area contributed by atoms with Crippen molar-refractivity contribution in [2.75, 3.05) is 32.9 Å². The lowest BCUT2D eigenvalue weighted by atomic mass is 10.1. The van der Waals surface area contributed by atoms with Gasteiger partial charge in [0.2, 0.25) is 15.9 Å². The lowest BCUT2D eigenvalue weighted by molar-refractivity contribution is -0.130. The fraction of sp³-hybridized carbons (Fsp3) is 0.450. The van der Waals surface area contributed by atoms with Crippen LogP contribution in [0.1, 0.15) is 12.1 Å². The highest BCUT2D eigenvalue weighted by Crippen LogP contribution is 2.23. The van der Waals surface area contributed by atoms with Gasteiger partial charge in [-0.1, -0.05) is 23.7 Å². The summed E-state index contributed by atoms with van der Waals surface area (Å²) in [6.07, 6.45) is 0.0100. The molecule has 2 heterocycles. The molecule has 0 spiro atoms. The van der Waals surface area contributed by atoms with Gasteiger partial charge in [0.15, 0.2) is 0 Å². The Balaban J connectivity index is 1.54. The summed E-state index contributed by atoms with van der Waals surface area (Å²) in [7, 11) is -0.490. The molecule has 1 saturated heterocycles. The Morgan fingerprint density at radius 3 is 2.55 bits per heavy atom. The van der Waals surface area contributed by atoms with E-state index in [1.165, 1.54) is 14.1 Å². The van der Waals surface area contributed by atoms with Crippen molar-refractivity contribution in [1.29, 1.82) is 0 Å². The predicted molar refractivity (Wildman–Crippen MR) is 113 cm³/mol. The molecule has 2 atom stereocenters. The molecule has 0 aliphatic carbocycles. The van der Waals surface area contributed by atoms with E-state index in [0.717, 1.165) is 21.3 Å². The van der Waals surface area contributed by atoms with Crippen molar-refractivity contribution >= 4 is 27.5 Å². The van der Waals surface area contributed by atoms with Crippen molar-refractivity contribution in [3.05, 3.63) is 47.1 Å². The third-order valence-electron chi connectivity index (χ3n) is 5.25. The maximum Gasteiger partial charge on any atom is 0.223 e. The molecule has 0 saturated carbocycles. The molecule has 1 aromatic heterocycles. The molecule has 0 bridgehead atoms. The maximum absolute atomic E-state index is 12.5. The van der Waals surface area contributed by atoms with E-state index in [9.17, 15) is 18.3 Å². The molecule has 1 fully saturated rings. The van der Waals surface area contributed by atoms with Crippen LogP contribution in [-0.2, 0) is 21.2 Å². The normalized spacial score (nSPS) is 19.8. The van der Waals surface area contributed by atoms with Crippen molar-refractivity contribution in [1.82, 2.24) is 14.2 Å². The van der Waals surface area contributed by atoms with Gasteiger partial charge in [-0.25, -0.2) is 12.7 Å². The largest absolute Gasteiger partial charge is 0.391 e. The van der Waals surface area contributed by atoms with Gasteiger partial charge in [0.05, 0.1) is 11.9 Å². The highest BCUT2D eigenvalue weighted by atomic mass is 35.5. The minimum atomic E-state index is -3.42. The maximum atomic E-state index is 12.5. The van der Waals surface area contributed by atoms with E-state index in [1.807, 2.05) is 36.4 Å². The Morgan fingerprint density at radius 2 is 1.90 bits per heavy atom. The van der Waals surface area contributed by atoms with Crippen molar-refractivity contribution in [2.45, 2.75) is 18.9 Å². The standard InChI is InChI=1S/C20H26ClN3O4S/c1-23(2)29(27,28)13-15-11-24(12-19(15)25)20(26)10-8-17-7-9-18(22-17)14-3-5-16(21)6-4-14/h3-7,9,15,19,22,25H,8,10-13H2,1-2H3/t15-,19-/m0/s1. The summed E-state index contributed by atoms with van der Waals surface area (Å²) in [6, 6.07) is 11.4. The van der Waals surface area contributed by atoms with Gasteiger partial charge < -0.3 is 15.0 Å². The summed E-state index contributed by atoms with van der Waals surface area (Å²) in [4.78, 5) is 17.4. The van der Waals surface area contributed by atoms with Crippen LogP contribution in [0.3, 0.4) is 0 Å². The molecular formula is C20H26ClN3O4S. The first-order chi connectivity index (χ1) is 13.7. The molecule has 1 amide bonds. The Hall–Kier alpha value is -1.87. The van der Waals surface area contributed by atoms with Crippen molar-refractivity contribution < 1.29 is 18.3 Å². The number of aromatic amines is 1. The molecule has 1 aliphatic heterocycles. The first-order valence-corrected chi connectivity index (χ1v) is 11.4. The van der Waals surface area contributed by atoms with Crippen LogP contribution in [0, 0.1) is 5.92 Å². The van der Waals surface area contributed by atoms with Crippen LogP contribution in [0.15, 0.2) is 36.4 Å². The SMILES string of the molecule is CN(C)S(=O)(=O)C[C@@H]1CN(C(=O)CCc2ccc(-c3ccc(Cl)cc3)[nH]2)C[C@@H]1O. The summed E-state index contributed by atoms with van der Waals surface area (Å²) < 4.78 is 25.3. The third-order valence-corrected chi connectivity index (χ3v) is 7.46. The van der Waals surface area contributed by atoms with E-state index < -0.39 is 22.0 Å². The second-order valence-corrected chi connectivity index (χ2v) is 10.3. The minimum absolute atomic E-state index is 0.0866. The number of amides is 1. The monoisotopic (exact) mass is 439 g/mol. The molecule has 0 radical (unpaired) electrons. The minimum Gasteiger partial charge on any atom is -0.391 e. The summed E-state index contributed by atoms with van der Waals surface area (Å²) >= 11 is 5.92. The summed E-state index contributed by atoms with van der Waals surface area (Å²) in [6.45, 7) is 0.432. The van der Waals surface area contributed by atoms with Crippen LogP contribution >= 0.6 is 11.6 Å². The number of aromatic nitrogens is 1. The molecule has 1 aromatic carbocycles. The van der Waals surface area contributed by atoms with E-state index in [1.54, 1.807) is 4.90 Å². The smallest absolute Gasteiger partial charge is 0.223 e. The number of hydrogen-bond acceptors (Lipinski definition) is 4. The fourth-order valence-corrected chi connectivity index (χ4v) is 4.72. The van der Waals surface area contributed by atoms with E-state index in [0.29, 0.717) is 17.9 Å². The lowest BCUT2D eigenvalue weighted by Gasteiger charge is -2.18. The van der Waals surface area contributed by atoms with Gasteiger partial charge in [-0.15, -0.1) is 0 Å². The van der Waals surface area contributed by atoms with Crippen LogP contribution in [0.2, 0.25) is 5.02 Å². The predicted octanol–water partition coefficient (Wildman–Crippen LogP) is 1.98. The second kappa shape index (κ2) is 8.87. The average Bonchev–Trinajstić information content (AvgIpc) is 3.27. The lowest BCUT2D eigenvalue weighted by Crippen LogP contribution is -2.33.